The van der Waals surface area contributed by atoms with Crippen LogP contribution < -0.4 is 20.3 Å². The van der Waals surface area contributed by atoms with Crippen LogP contribution in [0.2, 0.25) is 0 Å². The van der Waals surface area contributed by atoms with Gasteiger partial charge < -0.3 is 19.8 Å². The SMILES string of the molecule is COc1ccc(CCNc2nc[nH]c(=O)c2I)cc1OC. The van der Waals surface area contributed by atoms with Crippen molar-refractivity contribution in [3.63, 3.8) is 0 Å². The van der Waals surface area contributed by atoms with Gasteiger partial charge in [0.2, 0.25) is 0 Å². The maximum atomic E-state index is 11.5. The number of methoxy groups -OCH3 is 2. The number of nitrogens with zero attached hydrogens (tertiary/aromatic N) is 1. The fourth-order valence-electron chi connectivity index (χ4n) is 1.87. The molecule has 21 heavy (non-hydrogen) atoms. The zero-order valence-electron chi connectivity index (χ0n) is 11.8. The Morgan fingerprint density at radius 3 is 2.76 bits per heavy atom. The third kappa shape index (κ3) is 3.87. The average molecular weight is 401 g/mol. The van der Waals surface area contributed by atoms with Crippen LogP contribution >= 0.6 is 22.6 Å². The predicted molar refractivity (Wildman–Crippen MR) is 89.3 cm³/mol. The van der Waals surface area contributed by atoms with Gasteiger partial charge in [0.15, 0.2) is 11.5 Å². The number of rotatable bonds is 6. The summed E-state index contributed by atoms with van der Waals surface area (Å²) in [5.41, 5.74) is 0.971. The molecule has 2 rings (SSSR count). The van der Waals surface area contributed by atoms with E-state index >= 15 is 0 Å². The first-order valence-electron chi connectivity index (χ1n) is 6.33. The van der Waals surface area contributed by atoms with Crippen molar-refractivity contribution in [2.24, 2.45) is 0 Å². The highest BCUT2D eigenvalue weighted by Crippen LogP contribution is 2.27. The van der Waals surface area contributed by atoms with Crippen LogP contribution in [0.15, 0.2) is 29.3 Å². The van der Waals surface area contributed by atoms with Crippen molar-refractivity contribution < 1.29 is 9.47 Å². The lowest BCUT2D eigenvalue weighted by Crippen LogP contribution is -2.16. The molecule has 1 heterocycles. The summed E-state index contributed by atoms with van der Waals surface area (Å²) in [5, 5.41) is 3.16. The van der Waals surface area contributed by atoms with E-state index < -0.39 is 0 Å². The van der Waals surface area contributed by atoms with Gasteiger partial charge in [0.05, 0.1) is 20.5 Å². The minimum atomic E-state index is -0.140. The second-order valence-electron chi connectivity index (χ2n) is 4.26. The van der Waals surface area contributed by atoms with Gasteiger partial charge in [-0.1, -0.05) is 6.07 Å². The number of nitrogens with one attached hydrogen (secondary N) is 2. The molecule has 6 nitrogen and oxygen atoms in total. The molecule has 0 radical (unpaired) electrons. The number of H-pyrrole nitrogens is 1. The molecular weight excluding hydrogens is 385 g/mol. The van der Waals surface area contributed by atoms with Gasteiger partial charge in [-0.2, -0.15) is 0 Å². The summed E-state index contributed by atoms with van der Waals surface area (Å²) in [6, 6.07) is 5.80. The first-order valence-corrected chi connectivity index (χ1v) is 7.41. The number of benzene rings is 1. The van der Waals surface area contributed by atoms with Gasteiger partial charge >= 0.3 is 0 Å². The maximum Gasteiger partial charge on any atom is 0.266 e. The predicted octanol–water partition coefficient (Wildman–Crippen LogP) is 2.05. The number of halogens is 1. The van der Waals surface area contributed by atoms with Crippen LogP contribution in [-0.4, -0.2) is 30.7 Å². The Hall–Kier alpha value is -1.77. The Bertz CT molecular complexity index is 673. The zero-order valence-corrected chi connectivity index (χ0v) is 13.9. The monoisotopic (exact) mass is 401 g/mol. The highest BCUT2D eigenvalue weighted by atomic mass is 127. The molecule has 7 heteroatoms. The molecule has 0 saturated carbocycles. The molecule has 2 N–H and O–H groups in total. The largest absolute Gasteiger partial charge is 0.493 e. The van der Waals surface area contributed by atoms with Crippen molar-refractivity contribution >= 4 is 28.4 Å². The van der Waals surface area contributed by atoms with E-state index in [-0.39, 0.29) is 5.56 Å². The van der Waals surface area contributed by atoms with Crippen molar-refractivity contribution in [1.29, 1.82) is 0 Å². The molecule has 2 aromatic rings. The molecule has 0 amide bonds. The van der Waals surface area contributed by atoms with Crippen molar-refractivity contribution in [2.45, 2.75) is 6.42 Å². The van der Waals surface area contributed by atoms with Gasteiger partial charge in [0.1, 0.15) is 9.39 Å². The second kappa shape index (κ2) is 7.30. The summed E-state index contributed by atoms with van der Waals surface area (Å²) in [6.45, 7) is 0.669. The van der Waals surface area contributed by atoms with Crippen LogP contribution in [0, 0.1) is 3.57 Å². The van der Waals surface area contributed by atoms with Crippen LogP contribution in [-0.2, 0) is 6.42 Å². The molecule has 0 bridgehead atoms. The fourth-order valence-corrected chi connectivity index (χ4v) is 2.35. The fraction of sp³-hybridized carbons (Fsp3) is 0.286. The lowest BCUT2D eigenvalue weighted by atomic mass is 10.1. The number of ether oxygens (including phenoxy) is 2. The molecule has 112 valence electrons. The Morgan fingerprint density at radius 1 is 1.29 bits per heavy atom. The van der Waals surface area contributed by atoms with E-state index in [0.717, 1.165) is 12.0 Å². The molecule has 0 unspecified atom stereocenters. The van der Waals surface area contributed by atoms with Gasteiger partial charge in [-0.05, 0) is 46.7 Å². The molecular formula is C14H16IN3O3. The number of aromatic amines is 1. The van der Waals surface area contributed by atoms with E-state index in [0.29, 0.717) is 27.4 Å². The van der Waals surface area contributed by atoms with Crippen molar-refractivity contribution in [2.75, 3.05) is 26.1 Å². The Balaban J connectivity index is 2.00. The smallest absolute Gasteiger partial charge is 0.266 e. The molecule has 0 aliphatic heterocycles. The Kier molecular flexibility index (Phi) is 5.43. The number of hydrogen-bond donors (Lipinski definition) is 2. The summed E-state index contributed by atoms with van der Waals surface area (Å²) in [7, 11) is 3.22. The molecule has 0 aliphatic carbocycles. The molecule has 1 aromatic heterocycles. The Morgan fingerprint density at radius 2 is 2.05 bits per heavy atom. The first-order chi connectivity index (χ1) is 10.2. The van der Waals surface area contributed by atoms with Crippen LogP contribution in [0.1, 0.15) is 5.56 Å². The van der Waals surface area contributed by atoms with E-state index in [1.807, 2.05) is 40.8 Å². The van der Waals surface area contributed by atoms with E-state index in [9.17, 15) is 4.79 Å². The highest BCUT2D eigenvalue weighted by Gasteiger charge is 2.06. The quantitative estimate of drug-likeness (QED) is 0.725. The zero-order chi connectivity index (χ0) is 15.2. The maximum absolute atomic E-state index is 11.5. The van der Waals surface area contributed by atoms with Gasteiger partial charge in [-0.3, -0.25) is 4.79 Å². The van der Waals surface area contributed by atoms with Crippen molar-refractivity contribution in [3.8, 4) is 11.5 Å². The molecule has 1 aromatic carbocycles. The van der Waals surface area contributed by atoms with Crippen LogP contribution in [0.4, 0.5) is 5.82 Å². The minimum Gasteiger partial charge on any atom is -0.493 e. The molecule has 0 aliphatic rings. The molecule has 0 fully saturated rings. The van der Waals surface area contributed by atoms with Gasteiger partial charge in [-0.25, -0.2) is 4.98 Å². The van der Waals surface area contributed by atoms with E-state index in [1.165, 1.54) is 6.33 Å². The van der Waals surface area contributed by atoms with Crippen molar-refractivity contribution in [1.82, 2.24) is 9.97 Å². The van der Waals surface area contributed by atoms with Crippen molar-refractivity contribution in [3.05, 3.63) is 44.0 Å². The van der Waals surface area contributed by atoms with E-state index in [4.69, 9.17) is 9.47 Å². The van der Waals surface area contributed by atoms with Crippen LogP contribution in [0.3, 0.4) is 0 Å². The van der Waals surface area contributed by atoms with Crippen LogP contribution in [0.25, 0.3) is 0 Å². The van der Waals surface area contributed by atoms with E-state index in [2.05, 4.69) is 15.3 Å². The first kappa shape index (κ1) is 15.6. The molecule has 0 spiro atoms. The topological polar surface area (TPSA) is 76.2 Å². The summed E-state index contributed by atoms with van der Waals surface area (Å²) in [6.07, 6.45) is 2.17. The summed E-state index contributed by atoms with van der Waals surface area (Å²) >= 11 is 1.97. The standard InChI is InChI=1S/C14H16IN3O3/c1-20-10-4-3-9(7-11(10)21-2)5-6-16-13-12(15)14(19)18-8-17-13/h3-4,7-8H,5-6H2,1-2H3,(H2,16,17,18,19). The second-order valence-corrected chi connectivity index (χ2v) is 5.34. The number of hydrogen-bond acceptors (Lipinski definition) is 5. The minimum absolute atomic E-state index is 0.140. The third-order valence-corrected chi connectivity index (χ3v) is 3.95. The molecule has 0 saturated heterocycles. The molecule has 0 atom stereocenters. The highest BCUT2D eigenvalue weighted by molar-refractivity contribution is 14.1. The lowest BCUT2D eigenvalue weighted by molar-refractivity contribution is 0.354. The van der Waals surface area contributed by atoms with Gasteiger partial charge in [0, 0.05) is 6.54 Å². The van der Waals surface area contributed by atoms with Crippen LogP contribution in [0.5, 0.6) is 11.5 Å². The van der Waals surface area contributed by atoms with E-state index in [1.54, 1.807) is 14.2 Å². The Labute approximate surface area is 136 Å². The lowest BCUT2D eigenvalue weighted by Gasteiger charge is -2.10. The average Bonchev–Trinajstić information content (AvgIpc) is 2.51. The summed E-state index contributed by atoms with van der Waals surface area (Å²) in [5.74, 6) is 2.01. The third-order valence-electron chi connectivity index (χ3n) is 2.95. The number of anilines is 1. The number of aromatic nitrogens is 2. The summed E-state index contributed by atoms with van der Waals surface area (Å²) < 4.78 is 11.0. The summed E-state index contributed by atoms with van der Waals surface area (Å²) in [4.78, 5) is 18.1. The normalized spacial score (nSPS) is 10.2. The van der Waals surface area contributed by atoms with Gasteiger partial charge in [0.25, 0.3) is 5.56 Å². The van der Waals surface area contributed by atoms with Gasteiger partial charge in [-0.15, -0.1) is 0 Å².